The third kappa shape index (κ3) is 6.58. The lowest BCUT2D eigenvalue weighted by molar-refractivity contribution is -0.140. The van der Waals surface area contributed by atoms with Gasteiger partial charge in [0.15, 0.2) is 0 Å². The van der Waals surface area contributed by atoms with E-state index in [2.05, 4.69) is 10.3 Å². The molecule has 2 aromatic heterocycles. The molecule has 2 heterocycles. The normalized spacial score (nSPS) is 12.0. The Hall–Kier alpha value is -3.43. The number of halogens is 1. The number of pyridine rings is 1. The maximum atomic E-state index is 13.1. The molecule has 10 heteroatoms. The maximum Gasteiger partial charge on any atom is 0.308 e. The van der Waals surface area contributed by atoms with Crippen LogP contribution in [-0.4, -0.2) is 45.6 Å². The molecule has 1 aromatic carbocycles. The first-order valence-corrected chi connectivity index (χ1v) is 11.7. The van der Waals surface area contributed by atoms with E-state index in [0.29, 0.717) is 41.3 Å². The Labute approximate surface area is 208 Å². The molecule has 9 nitrogen and oxygen atoms in total. The van der Waals surface area contributed by atoms with Crippen molar-refractivity contribution in [2.24, 2.45) is 18.7 Å². The van der Waals surface area contributed by atoms with E-state index in [-0.39, 0.29) is 12.1 Å². The largest absolute Gasteiger partial charge is 0.481 e. The Morgan fingerprint density at radius 3 is 2.71 bits per heavy atom. The Morgan fingerprint density at radius 1 is 1.26 bits per heavy atom. The van der Waals surface area contributed by atoms with Gasteiger partial charge in [0.2, 0.25) is 5.91 Å². The molecule has 3 rings (SSSR count). The SMILES string of the molecule is CC(CNC(=O)c1c(CCCCOCc2cccc(Cl)c2)n(C)c2ncc(C(N)=O)cc12)C(=O)O. The van der Waals surface area contributed by atoms with Gasteiger partial charge in [-0.3, -0.25) is 14.4 Å². The monoisotopic (exact) mass is 500 g/mol. The average Bonchev–Trinajstić information content (AvgIpc) is 3.10. The molecule has 186 valence electrons. The van der Waals surface area contributed by atoms with E-state index < -0.39 is 23.7 Å². The van der Waals surface area contributed by atoms with Gasteiger partial charge in [-0.05, 0) is 43.0 Å². The molecule has 35 heavy (non-hydrogen) atoms. The van der Waals surface area contributed by atoms with E-state index >= 15 is 0 Å². The summed E-state index contributed by atoms with van der Waals surface area (Å²) >= 11 is 6.00. The first kappa shape index (κ1) is 26.2. The minimum absolute atomic E-state index is 0.0235. The van der Waals surface area contributed by atoms with Crippen LogP contribution in [0, 0.1) is 5.92 Å². The number of fused-ring (bicyclic) bond motifs is 1. The summed E-state index contributed by atoms with van der Waals surface area (Å²) in [5.41, 5.74) is 8.25. The van der Waals surface area contributed by atoms with Crippen molar-refractivity contribution in [2.75, 3.05) is 13.2 Å². The molecule has 3 aromatic rings. The van der Waals surface area contributed by atoms with Crippen LogP contribution in [0.5, 0.6) is 0 Å². The highest BCUT2D eigenvalue weighted by Gasteiger charge is 2.23. The highest BCUT2D eigenvalue weighted by Crippen LogP contribution is 2.26. The molecule has 0 aliphatic rings. The molecule has 0 aliphatic carbocycles. The molecule has 0 saturated carbocycles. The van der Waals surface area contributed by atoms with Gasteiger partial charge in [0, 0.05) is 42.5 Å². The molecule has 1 unspecified atom stereocenters. The molecule has 0 radical (unpaired) electrons. The van der Waals surface area contributed by atoms with Crippen molar-refractivity contribution in [2.45, 2.75) is 32.8 Å². The number of nitrogens with zero attached hydrogens (tertiary/aromatic N) is 2. The summed E-state index contributed by atoms with van der Waals surface area (Å²) in [5.74, 6) is -2.81. The number of hydrogen-bond donors (Lipinski definition) is 3. The number of carbonyl (C=O) groups is 3. The molecule has 0 bridgehead atoms. The van der Waals surface area contributed by atoms with Crippen LogP contribution in [-0.2, 0) is 29.6 Å². The fourth-order valence-electron chi connectivity index (χ4n) is 3.78. The van der Waals surface area contributed by atoms with Crippen molar-refractivity contribution in [1.82, 2.24) is 14.9 Å². The van der Waals surface area contributed by atoms with E-state index in [0.717, 1.165) is 24.1 Å². The number of ether oxygens (including phenoxy) is 1. The standard InChI is InChI=1S/C25H29ClN4O5/c1-15(25(33)34)12-29-24(32)21-19-11-17(22(27)31)13-28-23(19)30(2)20(21)8-3-4-9-35-14-16-6-5-7-18(26)10-16/h5-7,10-11,13,15H,3-4,8-9,12,14H2,1-2H3,(H2,27,31)(H,29,32)(H,33,34). The number of rotatable bonds is 12. The van der Waals surface area contributed by atoms with Gasteiger partial charge in [-0.25, -0.2) is 4.98 Å². The molecule has 0 aliphatic heterocycles. The zero-order valence-corrected chi connectivity index (χ0v) is 20.5. The van der Waals surface area contributed by atoms with E-state index in [1.165, 1.54) is 13.1 Å². The maximum absolute atomic E-state index is 13.1. The van der Waals surface area contributed by atoms with Crippen molar-refractivity contribution in [3.8, 4) is 0 Å². The summed E-state index contributed by atoms with van der Waals surface area (Å²) in [7, 11) is 1.81. The average molecular weight is 501 g/mol. The number of carboxylic acids is 1. The van der Waals surface area contributed by atoms with Crippen LogP contribution >= 0.6 is 11.6 Å². The quantitative estimate of drug-likeness (QED) is 0.326. The molecule has 0 saturated heterocycles. The molecular formula is C25H29ClN4O5. The number of aryl methyl sites for hydroxylation is 1. The van der Waals surface area contributed by atoms with Gasteiger partial charge in [0.05, 0.1) is 23.7 Å². The van der Waals surface area contributed by atoms with Crippen molar-refractivity contribution < 1.29 is 24.2 Å². The second kappa shape index (κ2) is 11.8. The van der Waals surface area contributed by atoms with Crippen LogP contribution in [0.4, 0.5) is 0 Å². The lowest BCUT2D eigenvalue weighted by atomic mass is 10.1. The number of nitrogens with one attached hydrogen (secondary N) is 1. The molecular weight excluding hydrogens is 472 g/mol. The number of aromatic nitrogens is 2. The van der Waals surface area contributed by atoms with Gasteiger partial charge >= 0.3 is 5.97 Å². The number of unbranched alkanes of at least 4 members (excludes halogenated alkanes) is 1. The third-order valence-corrected chi connectivity index (χ3v) is 5.99. The number of aliphatic carboxylic acids is 1. The first-order valence-electron chi connectivity index (χ1n) is 11.3. The summed E-state index contributed by atoms with van der Waals surface area (Å²) in [6.45, 7) is 2.50. The molecule has 1 atom stereocenters. The van der Waals surface area contributed by atoms with Crippen molar-refractivity contribution in [3.63, 3.8) is 0 Å². The fraction of sp³-hybridized carbons (Fsp3) is 0.360. The Kier molecular flexibility index (Phi) is 8.84. The van der Waals surface area contributed by atoms with Gasteiger partial charge in [0.25, 0.3) is 5.91 Å². The Balaban J connectivity index is 1.73. The molecule has 0 fully saturated rings. The third-order valence-electron chi connectivity index (χ3n) is 5.76. The smallest absolute Gasteiger partial charge is 0.308 e. The lowest BCUT2D eigenvalue weighted by Gasteiger charge is -2.11. The Bertz CT molecular complexity index is 1240. The number of hydrogen-bond acceptors (Lipinski definition) is 5. The van der Waals surface area contributed by atoms with Gasteiger partial charge < -0.3 is 25.5 Å². The van der Waals surface area contributed by atoms with Crippen LogP contribution < -0.4 is 11.1 Å². The Morgan fingerprint density at radius 2 is 2.03 bits per heavy atom. The highest BCUT2D eigenvalue weighted by molar-refractivity contribution is 6.30. The van der Waals surface area contributed by atoms with Gasteiger partial charge in [-0.1, -0.05) is 30.7 Å². The zero-order valence-electron chi connectivity index (χ0n) is 19.7. The second-order valence-corrected chi connectivity index (χ2v) is 8.87. The predicted molar refractivity (Wildman–Crippen MR) is 132 cm³/mol. The molecule has 0 spiro atoms. The van der Waals surface area contributed by atoms with Crippen LogP contribution in [0.15, 0.2) is 36.5 Å². The van der Waals surface area contributed by atoms with E-state index in [9.17, 15) is 14.4 Å². The number of carbonyl (C=O) groups excluding carboxylic acids is 2. The topological polar surface area (TPSA) is 137 Å². The summed E-state index contributed by atoms with van der Waals surface area (Å²) < 4.78 is 7.57. The minimum atomic E-state index is -1.00. The number of primary amides is 1. The fourth-order valence-corrected chi connectivity index (χ4v) is 3.99. The number of amides is 2. The van der Waals surface area contributed by atoms with Crippen molar-refractivity contribution >= 4 is 40.4 Å². The van der Waals surface area contributed by atoms with Crippen LogP contribution in [0.1, 0.15) is 51.7 Å². The summed E-state index contributed by atoms with van der Waals surface area (Å²) in [4.78, 5) is 40.3. The van der Waals surface area contributed by atoms with E-state index in [4.69, 9.17) is 27.2 Å². The van der Waals surface area contributed by atoms with E-state index in [1.807, 2.05) is 28.8 Å². The summed E-state index contributed by atoms with van der Waals surface area (Å²) in [6.07, 6.45) is 3.45. The summed E-state index contributed by atoms with van der Waals surface area (Å²) in [6, 6.07) is 9.05. The predicted octanol–water partition coefficient (Wildman–Crippen LogP) is 3.32. The number of carboxylic acid groups (broad SMARTS) is 1. The summed E-state index contributed by atoms with van der Waals surface area (Å²) in [5, 5.41) is 13.0. The number of benzene rings is 1. The zero-order chi connectivity index (χ0) is 25.5. The number of nitrogens with two attached hydrogens (primary N) is 1. The molecule has 4 N–H and O–H groups in total. The van der Waals surface area contributed by atoms with Gasteiger partial charge in [0.1, 0.15) is 5.65 Å². The van der Waals surface area contributed by atoms with Crippen molar-refractivity contribution in [3.05, 3.63) is 63.9 Å². The molecule has 2 amide bonds. The van der Waals surface area contributed by atoms with Gasteiger partial charge in [-0.2, -0.15) is 0 Å². The van der Waals surface area contributed by atoms with Crippen LogP contribution in [0.25, 0.3) is 11.0 Å². The van der Waals surface area contributed by atoms with Crippen LogP contribution in [0.3, 0.4) is 0 Å². The highest BCUT2D eigenvalue weighted by atomic mass is 35.5. The van der Waals surface area contributed by atoms with Crippen LogP contribution in [0.2, 0.25) is 5.02 Å². The lowest BCUT2D eigenvalue weighted by Crippen LogP contribution is -2.32. The second-order valence-electron chi connectivity index (χ2n) is 8.43. The van der Waals surface area contributed by atoms with E-state index in [1.54, 1.807) is 13.1 Å². The van der Waals surface area contributed by atoms with Crippen molar-refractivity contribution in [1.29, 1.82) is 0 Å². The van der Waals surface area contributed by atoms with Gasteiger partial charge in [-0.15, -0.1) is 0 Å². The first-order chi connectivity index (χ1) is 16.7. The minimum Gasteiger partial charge on any atom is -0.481 e.